The van der Waals surface area contributed by atoms with Crippen LogP contribution in [0.3, 0.4) is 0 Å². The Morgan fingerprint density at radius 3 is 2.63 bits per heavy atom. The highest BCUT2D eigenvalue weighted by molar-refractivity contribution is 5.55. The lowest BCUT2D eigenvalue weighted by molar-refractivity contribution is 0.356. The number of hydrogen-bond acceptors (Lipinski definition) is 4. The fourth-order valence-electron chi connectivity index (χ4n) is 2.19. The molecule has 0 aliphatic heterocycles. The lowest BCUT2D eigenvalue weighted by Crippen LogP contribution is -2.34. The van der Waals surface area contributed by atoms with Gasteiger partial charge in [0, 0.05) is 18.8 Å². The van der Waals surface area contributed by atoms with Gasteiger partial charge in [0.25, 0.3) is 0 Å². The molecule has 0 bridgehead atoms. The second-order valence-electron chi connectivity index (χ2n) is 5.70. The molecule has 4 nitrogen and oxygen atoms in total. The van der Waals surface area contributed by atoms with E-state index in [2.05, 4.69) is 49.2 Å². The Hall–Kier alpha value is -1.60. The molecule has 0 aromatic carbocycles. The van der Waals surface area contributed by atoms with Gasteiger partial charge in [0.1, 0.15) is 11.9 Å². The first-order valence-corrected chi connectivity index (χ1v) is 6.71. The second-order valence-corrected chi connectivity index (χ2v) is 5.70. The van der Waals surface area contributed by atoms with Gasteiger partial charge in [0.2, 0.25) is 0 Å². The number of nitriles is 1. The van der Waals surface area contributed by atoms with E-state index in [1.807, 2.05) is 13.0 Å². The van der Waals surface area contributed by atoms with Crippen molar-refractivity contribution in [1.29, 1.82) is 5.26 Å². The second kappa shape index (κ2) is 7.10. The van der Waals surface area contributed by atoms with E-state index in [4.69, 9.17) is 0 Å². The molecular weight excluding hydrogens is 236 g/mol. The lowest BCUT2D eigenvalue weighted by atomic mass is 10.0. The Morgan fingerprint density at radius 2 is 2.11 bits per heavy atom. The van der Waals surface area contributed by atoms with Crippen molar-refractivity contribution in [1.82, 2.24) is 9.88 Å². The van der Waals surface area contributed by atoms with Gasteiger partial charge >= 0.3 is 0 Å². The molecule has 0 saturated heterocycles. The first-order chi connectivity index (χ1) is 8.93. The topological polar surface area (TPSA) is 52.0 Å². The molecule has 1 heterocycles. The predicted molar refractivity (Wildman–Crippen MR) is 79.1 cm³/mol. The molecule has 1 atom stereocenters. The summed E-state index contributed by atoms with van der Waals surface area (Å²) < 4.78 is 0. The molecule has 0 amide bonds. The first kappa shape index (κ1) is 15.5. The summed E-state index contributed by atoms with van der Waals surface area (Å²) in [6.07, 6.45) is 2.80. The van der Waals surface area contributed by atoms with Crippen LogP contribution in [0.5, 0.6) is 0 Å². The van der Waals surface area contributed by atoms with Gasteiger partial charge in [-0.2, -0.15) is 5.26 Å². The minimum absolute atomic E-state index is 0.302. The Labute approximate surface area is 116 Å². The quantitative estimate of drug-likeness (QED) is 0.854. The fourth-order valence-corrected chi connectivity index (χ4v) is 2.19. The maximum atomic E-state index is 9.24. The summed E-state index contributed by atoms with van der Waals surface area (Å²) in [5, 5.41) is 12.7. The predicted octanol–water partition coefficient (Wildman–Crippen LogP) is 2.65. The molecule has 1 unspecified atom stereocenters. The summed E-state index contributed by atoms with van der Waals surface area (Å²) >= 11 is 0. The molecule has 0 aliphatic rings. The Balaban J connectivity index is 2.90. The van der Waals surface area contributed by atoms with Gasteiger partial charge in [0.05, 0.1) is 5.56 Å². The largest absolute Gasteiger partial charge is 0.365 e. The van der Waals surface area contributed by atoms with Crippen molar-refractivity contribution in [2.45, 2.75) is 33.2 Å². The van der Waals surface area contributed by atoms with Gasteiger partial charge < -0.3 is 10.2 Å². The van der Waals surface area contributed by atoms with E-state index >= 15 is 0 Å². The SMILES string of the molecule is Cc1ccnc(NC(CC(C)C)CN(C)C)c1C#N. The number of nitrogens with zero attached hydrogens (tertiary/aromatic N) is 3. The Morgan fingerprint density at radius 1 is 1.42 bits per heavy atom. The van der Waals surface area contributed by atoms with Crippen LogP contribution in [-0.2, 0) is 0 Å². The highest BCUT2D eigenvalue weighted by Crippen LogP contribution is 2.18. The van der Waals surface area contributed by atoms with Gasteiger partial charge in [-0.15, -0.1) is 0 Å². The van der Waals surface area contributed by atoms with Crippen molar-refractivity contribution in [3.05, 3.63) is 23.4 Å². The number of aromatic nitrogens is 1. The average molecular weight is 260 g/mol. The van der Waals surface area contributed by atoms with E-state index in [-0.39, 0.29) is 0 Å². The van der Waals surface area contributed by atoms with Crippen molar-refractivity contribution in [3.63, 3.8) is 0 Å². The third-order valence-electron chi connectivity index (χ3n) is 2.95. The van der Waals surface area contributed by atoms with Crippen LogP contribution in [0.4, 0.5) is 5.82 Å². The van der Waals surface area contributed by atoms with Crippen molar-refractivity contribution in [2.75, 3.05) is 26.0 Å². The minimum atomic E-state index is 0.302. The smallest absolute Gasteiger partial charge is 0.144 e. The fraction of sp³-hybridized carbons (Fsp3) is 0.600. The van der Waals surface area contributed by atoms with Gasteiger partial charge in [-0.3, -0.25) is 0 Å². The lowest BCUT2D eigenvalue weighted by Gasteiger charge is -2.25. The maximum Gasteiger partial charge on any atom is 0.144 e. The number of pyridine rings is 1. The van der Waals surface area contributed by atoms with Crippen LogP contribution in [-0.4, -0.2) is 36.6 Å². The number of hydrogen-bond donors (Lipinski definition) is 1. The summed E-state index contributed by atoms with van der Waals surface area (Å²) in [5.74, 6) is 1.31. The van der Waals surface area contributed by atoms with E-state index in [0.29, 0.717) is 23.3 Å². The van der Waals surface area contributed by atoms with Gasteiger partial charge in [0.15, 0.2) is 0 Å². The van der Waals surface area contributed by atoms with Crippen LogP contribution < -0.4 is 5.32 Å². The van der Waals surface area contributed by atoms with Gasteiger partial charge in [-0.25, -0.2) is 4.98 Å². The van der Waals surface area contributed by atoms with Gasteiger partial charge in [-0.1, -0.05) is 13.8 Å². The Bertz CT molecular complexity index is 436. The molecule has 1 aromatic rings. The van der Waals surface area contributed by atoms with Crippen LogP contribution in [0, 0.1) is 24.2 Å². The standard InChI is InChI=1S/C15H24N4/c1-11(2)8-13(10-19(4)5)18-15-14(9-16)12(3)6-7-17-15/h6-7,11,13H,8,10H2,1-5H3,(H,17,18). The number of anilines is 1. The van der Waals surface area contributed by atoms with Crippen LogP contribution in [0.15, 0.2) is 12.3 Å². The van der Waals surface area contributed by atoms with Crippen molar-refractivity contribution < 1.29 is 0 Å². The van der Waals surface area contributed by atoms with Crippen LogP contribution in [0.1, 0.15) is 31.4 Å². The van der Waals surface area contributed by atoms with E-state index < -0.39 is 0 Å². The van der Waals surface area contributed by atoms with Crippen LogP contribution in [0.25, 0.3) is 0 Å². The number of rotatable bonds is 6. The summed E-state index contributed by atoms with van der Waals surface area (Å²) in [7, 11) is 4.12. The summed E-state index contributed by atoms with van der Waals surface area (Å²) in [6.45, 7) is 7.28. The zero-order valence-corrected chi connectivity index (χ0v) is 12.6. The number of likely N-dealkylation sites (N-methyl/N-ethyl adjacent to an activating group) is 1. The summed E-state index contributed by atoms with van der Waals surface area (Å²) in [5.41, 5.74) is 1.61. The molecule has 104 valence electrons. The van der Waals surface area contributed by atoms with E-state index in [1.54, 1.807) is 6.20 Å². The van der Waals surface area contributed by atoms with Crippen LogP contribution in [0.2, 0.25) is 0 Å². The van der Waals surface area contributed by atoms with E-state index in [1.165, 1.54) is 0 Å². The van der Waals surface area contributed by atoms with Crippen LogP contribution >= 0.6 is 0 Å². The minimum Gasteiger partial charge on any atom is -0.365 e. The zero-order valence-electron chi connectivity index (χ0n) is 12.6. The molecule has 1 aromatic heterocycles. The van der Waals surface area contributed by atoms with Gasteiger partial charge in [-0.05, 0) is 45.0 Å². The third-order valence-corrected chi connectivity index (χ3v) is 2.95. The summed E-state index contributed by atoms with van der Waals surface area (Å²) in [4.78, 5) is 6.47. The molecule has 4 heteroatoms. The monoisotopic (exact) mass is 260 g/mol. The van der Waals surface area contributed by atoms with E-state index in [9.17, 15) is 5.26 Å². The van der Waals surface area contributed by atoms with Crippen molar-refractivity contribution in [3.8, 4) is 6.07 Å². The van der Waals surface area contributed by atoms with Crippen molar-refractivity contribution in [2.24, 2.45) is 5.92 Å². The zero-order chi connectivity index (χ0) is 14.4. The highest BCUT2D eigenvalue weighted by atomic mass is 15.1. The molecule has 0 saturated carbocycles. The summed E-state index contributed by atoms with van der Waals surface area (Å²) in [6, 6.07) is 4.41. The third kappa shape index (κ3) is 4.88. The molecule has 1 rings (SSSR count). The van der Waals surface area contributed by atoms with Crippen molar-refractivity contribution >= 4 is 5.82 Å². The number of aryl methyl sites for hydroxylation is 1. The number of nitrogens with one attached hydrogen (secondary N) is 1. The molecule has 0 spiro atoms. The first-order valence-electron chi connectivity index (χ1n) is 6.71. The highest BCUT2D eigenvalue weighted by Gasteiger charge is 2.15. The normalized spacial score (nSPS) is 12.5. The maximum absolute atomic E-state index is 9.24. The molecule has 0 fully saturated rings. The molecule has 0 aliphatic carbocycles. The molecular formula is C15H24N4. The Kier molecular flexibility index (Phi) is 5.78. The average Bonchev–Trinajstić information content (AvgIpc) is 2.27. The molecule has 19 heavy (non-hydrogen) atoms. The molecule has 1 N–H and O–H groups in total. The van der Waals surface area contributed by atoms with E-state index in [0.717, 1.165) is 18.5 Å². The molecule has 0 radical (unpaired) electrons.